The highest BCUT2D eigenvalue weighted by Gasteiger charge is 2.14. The Morgan fingerprint density at radius 2 is 2.22 bits per heavy atom. The Kier molecular flexibility index (Phi) is 1.47. The van der Waals surface area contributed by atoms with Gasteiger partial charge in [-0.1, -0.05) is 0 Å². The van der Waals surface area contributed by atoms with E-state index < -0.39 is 0 Å². The largest absolute Gasteiger partial charge is 0.295 e. The standard InChI is InChI=1S/C7H8O2/c1-5(8)6-2-3-7(9)4-6/h4H,2-3H2,1H3. The van der Waals surface area contributed by atoms with E-state index >= 15 is 0 Å². The number of rotatable bonds is 1. The molecule has 48 valence electrons. The molecule has 0 fully saturated rings. The molecule has 0 aromatic rings. The molecule has 0 spiro atoms. The molecule has 0 saturated heterocycles. The van der Waals surface area contributed by atoms with E-state index in [1.165, 1.54) is 13.0 Å². The van der Waals surface area contributed by atoms with Crippen molar-refractivity contribution in [3.63, 3.8) is 0 Å². The van der Waals surface area contributed by atoms with Crippen molar-refractivity contribution in [3.8, 4) is 0 Å². The van der Waals surface area contributed by atoms with Crippen molar-refractivity contribution in [1.82, 2.24) is 0 Å². The monoisotopic (exact) mass is 124 g/mol. The first-order valence-electron chi connectivity index (χ1n) is 2.94. The van der Waals surface area contributed by atoms with Gasteiger partial charge < -0.3 is 0 Å². The van der Waals surface area contributed by atoms with Crippen molar-refractivity contribution in [2.45, 2.75) is 19.8 Å². The average Bonchev–Trinajstić information content (AvgIpc) is 2.14. The number of hydrogen-bond donors (Lipinski definition) is 0. The van der Waals surface area contributed by atoms with Gasteiger partial charge in [0.2, 0.25) is 0 Å². The molecule has 2 heteroatoms. The van der Waals surface area contributed by atoms with Gasteiger partial charge in [-0.2, -0.15) is 0 Å². The fourth-order valence-corrected chi connectivity index (χ4v) is 0.874. The third kappa shape index (κ3) is 1.25. The number of allylic oxidation sites excluding steroid dienone is 2. The van der Waals surface area contributed by atoms with Crippen molar-refractivity contribution < 1.29 is 9.59 Å². The molecule has 0 amide bonds. The predicted molar refractivity (Wildman–Crippen MR) is 33.0 cm³/mol. The molecule has 9 heavy (non-hydrogen) atoms. The van der Waals surface area contributed by atoms with Gasteiger partial charge in [0.25, 0.3) is 0 Å². The first-order valence-corrected chi connectivity index (χ1v) is 2.94. The average molecular weight is 124 g/mol. The Balaban J connectivity index is 2.74. The third-order valence-electron chi connectivity index (χ3n) is 1.43. The van der Waals surface area contributed by atoms with E-state index in [1.807, 2.05) is 0 Å². The van der Waals surface area contributed by atoms with Crippen molar-refractivity contribution in [2.24, 2.45) is 0 Å². The molecular weight excluding hydrogens is 116 g/mol. The Hall–Kier alpha value is -0.920. The molecule has 0 atom stereocenters. The summed E-state index contributed by atoms with van der Waals surface area (Å²) in [7, 11) is 0. The molecule has 2 nitrogen and oxygen atoms in total. The van der Waals surface area contributed by atoms with Crippen LogP contribution in [0.3, 0.4) is 0 Å². The Morgan fingerprint density at radius 3 is 2.44 bits per heavy atom. The van der Waals surface area contributed by atoms with Gasteiger partial charge in [0.05, 0.1) is 0 Å². The summed E-state index contributed by atoms with van der Waals surface area (Å²) in [5.41, 5.74) is 0.681. The van der Waals surface area contributed by atoms with Crippen LogP contribution in [0.1, 0.15) is 19.8 Å². The SMILES string of the molecule is CC(=O)C1=CC(=O)CC1. The second kappa shape index (κ2) is 2.13. The van der Waals surface area contributed by atoms with Crippen LogP contribution in [-0.4, -0.2) is 11.6 Å². The highest BCUT2D eigenvalue weighted by atomic mass is 16.1. The summed E-state index contributed by atoms with van der Waals surface area (Å²) in [6.45, 7) is 1.49. The summed E-state index contributed by atoms with van der Waals surface area (Å²) in [5.74, 6) is 0.112. The van der Waals surface area contributed by atoms with E-state index in [0.29, 0.717) is 18.4 Å². The Labute approximate surface area is 53.6 Å². The van der Waals surface area contributed by atoms with Gasteiger partial charge in [0.1, 0.15) is 0 Å². The van der Waals surface area contributed by atoms with Gasteiger partial charge in [0, 0.05) is 6.42 Å². The van der Waals surface area contributed by atoms with Crippen LogP contribution in [0.4, 0.5) is 0 Å². The molecule has 0 aliphatic heterocycles. The van der Waals surface area contributed by atoms with E-state index in [2.05, 4.69) is 0 Å². The van der Waals surface area contributed by atoms with Gasteiger partial charge in [-0.15, -0.1) is 0 Å². The minimum Gasteiger partial charge on any atom is -0.295 e. The van der Waals surface area contributed by atoms with E-state index in [9.17, 15) is 9.59 Å². The quantitative estimate of drug-likeness (QED) is 0.519. The highest BCUT2D eigenvalue weighted by Crippen LogP contribution is 2.14. The van der Waals surface area contributed by atoms with E-state index in [-0.39, 0.29) is 11.6 Å². The summed E-state index contributed by atoms with van der Waals surface area (Å²) in [6, 6.07) is 0. The smallest absolute Gasteiger partial charge is 0.156 e. The number of ketones is 2. The Morgan fingerprint density at radius 1 is 1.56 bits per heavy atom. The van der Waals surface area contributed by atoms with E-state index in [4.69, 9.17) is 0 Å². The molecule has 0 radical (unpaired) electrons. The molecule has 0 unspecified atom stereocenters. The van der Waals surface area contributed by atoms with Crippen LogP contribution in [0.2, 0.25) is 0 Å². The lowest BCUT2D eigenvalue weighted by Gasteiger charge is -1.87. The van der Waals surface area contributed by atoms with Crippen LogP contribution >= 0.6 is 0 Å². The maximum Gasteiger partial charge on any atom is 0.156 e. The summed E-state index contributed by atoms with van der Waals surface area (Å²) in [4.78, 5) is 21.1. The lowest BCUT2D eigenvalue weighted by molar-refractivity contribution is -0.114. The van der Waals surface area contributed by atoms with Crippen molar-refractivity contribution in [2.75, 3.05) is 0 Å². The van der Waals surface area contributed by atoms with Gasteiger partial charge in [-0.25, -0.2) is 0 Å². The Bertz CT molecular complexity index is 189. The fraction of sp³-hybridized carbons (Fsp3) is 0.429. The second-order valence-electron chi connectivity index (χ2n) is 2.19. The summed E-state index contributed by atoms with van der Waals surface area (Å²) < 4.78 is 0. The zero-order valence-electron chi connectivity index (χ0n) is 5.31. The molecule has 0 aromatic carbocycles. The fourth-order valence-electron chi connectivity index (χ4n) is 0.874. The normalized spacial score (nSPS) is 17.9. The topological polar surface area (TPSA) is 34.1 Å². The van der Waals surface area contributed by atoms with Gasteiger partial charge in [0.15, 0.2) is 11.6 Å². The maximum atomic E-state index is 10.6. The zero-order valence-corrected chi connectivity index (χ0v) is 5.31. The van der Waals surface area contributed by atoms with Crippen molar-refractivity contribution in [1.29, 1.82) is 0 Å². The first-order chi connectivity index (χ1) is 4.20. The molecule has 0 saturated carbocycles. The minimum absolute atomic E-state index is 0.0286. The van der Waals surface area contributed by atoms with Crippen LogP contribution in [-0.2, 0) is 9.59 Å². The van der Waals surface area contributed by atoms with E-state index in [1.54, 1.807) is 0 Å². The number of carbonyl (C=O) groups excluding carboxylic acids is 2. The predicted octanol–water partition coefficient (Wildman–Crippen LogP) is 0.865. The van der Waals surface area contributed by atoms with Crippen LogP contribution in [0.25, 0.3) is 0 Å². The highest BCUT2D eigenvalue weighted by molar-refractivity contribution is 6.05. The first kappa shape index (κ1) is 6.20. The summed E-state index contributed by atoms with van der Waals surface area (Å²) in [5, 5.41) is 0. The number of Topliss-reactive ketones (excluding diaryl/α,β-unsaturated/α-hetero) is 1. The summed E-state index contributed by atoms with van der Waals surface area (Å²) >= 11 is 0. The molecule has 0 heterocycles. The van der Waals surface area contributed by atoms with Crippen LogP contribution in [0.5, 0.6) is 0 Å². The summed E-state index contributed by atoms with van der Waals surface area (Å²) in [6.07, 6.45) is 2.62. The van der Waals surface area contributed by atoms with Crippen LogP contribution in [0.15, 0.2) is 11.6 Å². The molecule has 0 N–H and O–H groups in total. The zero-order chi connectivity index (χ0) is 6.85. The minimum atomic E-state index is 0.0286. The maximum absolute atomic E-state index is 10.6. The molecule has 1 aliphatic rings. The van der Waals surface area contributed by atoms with Crippen molar-refractivity contribution in [3.05, 3.63) is 11.6 Å². The lowest BCUT2D eigenvalue weighted by Crippen LogP contribution is -1.90. The molecule has 0 aromatic heterocycles. The van der Waals surface area contributed by atoms with Gasteiger partial charge in [-0.3, -0.25) is 9.59 Å². The van der Waals surface area contributed by atoms with Gasteiger partial charge >= 0.3 is 0 Å². The number of hydrogen-bond acceptors (Lipinski definition) is 2. The molecule has 1 aliphatic carbocycles. The second-order valence-corrected chi connectivity index (χ2v) is 2.19. The van der Waals surface area contributed by atoms with Crippen LogP contribution in [0, 0.1) is 0 Å². The van der Waals surface area contributed by atoms with E-state index in [0.717, 1.165) is 0 Å². The van der Waals surface area contributed by atoms with Crippen molar-refractivity contribution >= 4 is 11.6 Å². The molecule has 1 rings (SSSR count). The molecular formula is C7H8O2. The third-order valence-corrected chi connectivity index (χ3v) is 1.43. The van der Waals surface area contributed by atoms with Crippen LogP contribution < -0.4 is 0 Å². The van der Waals surface area contributed by atoms with Gasteiger partial charge in [-0.05, 0) is 25.0 Å². The molecule has 0 bridgehead atoms. The lowest BCUT2D eigenvalue weighted by atomic mass is 10.2. The number of carbonyl (C=O) groups is 2.